The maximum Gasteiger partial charge on any atom is 0.306 e. The van der Waals surface area contributed by atoms with E-state index in [0.29, 0.717) is 19.3 Å². The highest BCUT2D eigenvalue weighted by molar-refractivity contribution is 5.70. The number of aliphatic hydroxyl groups is 1. The molecule has 0 radical (unpaired) electrons. The molecule has 0 aliphatic heterocycles. The number of allylic oxidation sites excluding steroid dienone is 16. The number of ether oxygens (including phenoxy) is 2. The smallest absolute Gasteiger partial charge is 0.306 e. The molecule has 5 nitrogen and oxygen atoms in total. The summed E-state index contributed by atoms with van der Waals surface area (Å²) in [5.74, 6) is -0.703. The predicted octanol–water partition coefficient (Wildman–Crippen LogP) is 12.5. The van der Waals surface area contributed by atoms with Crippen molar-refractivity contribution in [1.82, 2.24) is 0 Å². The highest BCUT2D eigenvalue weighted by Crippen LogP contribution is 2.08. The van der Waals surface area contributed by atoms with E-state index >= 15 is 0 Å². The highest BCUT2D eigenvalue weighted by atomic mass is 16.6. The second-order valence-electron chi connectivity index (χ2n) is 12.6. The normalized spacial score (nSPS) is 13.3. The Hall–Kier alpha value is -3.18. The lowest BCUT2D eigenvalue weighted by molar-refractivity contribution is -0.161. The molecule has 0 unspecified atom stereocenters. The van der Waals surface area contributed by atoms with Crippen LogP contribution in [-0.2, 0) is 19.1 Å². The lowest BCUT2D eigenvalue weighted by Gasteiger charge is -2.15. The fourth-order valence-electron chi connectivity index (χ4n) is 4.82. The molecule has 0 aromatic heterocycles. The van der Waals surface area contributed by atoms with Gasteiger partial charge in [0.1, 0.15) is 6.61 Å². The second kappa shape index (κ2) is 40.3. The van der Waals surface area contributed by atoms with Crippen LogP contribution in [-0.4, -0.2) is 36.4 Å². The molecule has 50 heavy (non-hydrogen) atoms. The van der Waals surface area contributed by atoms with E-state index in [1.807, 2.05) is 0 Å². The van der Waals surface area contributed by atoms with Gasteiger partial charge in [0.15, 0.2) is 6.10 Å². The van der Waals surface area contributed by atoms with Crippen LogP contribution in [0.5, 0.6) is 0 Å². The van der Waals surface area contributed by atoms with Crippen LogP contribution in [0.4, 0.5) is 0 Å². The number of unbranched alkanes of at least 4 members (excludes halogenated alkanes) is 10. The third kappa shape index (κ3) is 37.6. The molecule has 282 valence electrons. The Kier molecular flexibility index (Phi) is 37.7. The van der Waals surface area contributed by atoms with E-state index in [-0.39, 0.29) is 25.2 Å². The van der Waals surface area contributed by atoms with Crippen LogP contribution in [0.2, 0.25) is 0 Å². The predicted molar refractivity (Wildman–Crippen MR) is 214 cm³/mol. The molecule has 1 N–H and O–H groups in total. The molecule has 0 saturated carbocycles. The number of carbonyl (C=O) groups is 2. The van der Waals surface area contributed by atoms with Gasteiger partial charge in [0.25, 0.3) is 0 Å². The third-order valence-corrected chi connectivity index (χ3v) is 7.85. The molecule has 0 aromatic carbocycles. The molecular weight excluding hydrogens is 620 g/mol. The number of carbonyl (C=O) groups excluding carboxylic acids is 2. The molecule has 5 heteroatoms. The molecule has 0 aliphatic rings. The van der Waals surface area contributed by atoms with Crippen LogP contribution in [0, 0.1) is 0 Å². The van der Waals surface area contributed by atoms with Crippen LogP contribution in [0.25, 0.3) is 0 Å². The lowest BCUT2D eigenvalue weighted by Crippen LogP contribution is -2.28. The minimum absolute atomic E-state index is 0.114. The Balaban J connectivity index is 3.76. The number of rotatable bonds is 34. The zero-order valence-electron chi connectivity index (χ0n) is 31.9. The largest absolute Gasteiger partial charge is 0.462 e. The third-order valence-electron chi connectivity index (χ3n) is 7.85. The summed E-state index contributed by atoms with van der Waals surface area (Å²) in [6, 6.07) is 0. The maximum absolute atomic E-state index is 12.2. The molecule has 0 spiro atoms. The molecule has 0 aliphatic carbocycles. The fourth-order valence-corrected chi connectivity index (χ4v) is 4.82. The number of aliphatic hydroxyl groups excluding tert-OH is 1. The van der Waals surface area contributed by atoms with E-state index in [4.69, 9.17) is 9.47 Å². The van der Waals surface area contributed by atoms with Gasteiger partial charge in [-0.1, -0.05) is 143 Å². The van der Waals surface area contributed by atoms with Gasteiger partial charge in [0, 0.05) is 12.8 Å². The van der Waals surface area contributed by atoms with Gasteiger partial charge in [0.2, 0.25) is 0 Å². The first kappa shape index (κ1) is 46.8. The van der Waals surface area contributed by atoms with Crippen molar-refractivity contribution >= 4 is 11.9 Å². The van der Waals surface area contributed by atoms with Crippen LogP contribution >= 0.6 is 0 Å². The van der Waals surface area contributed by atoms with Crippen LogP contribution < -0.4 is 0 Å². The van der Waals surface area contributed by atoms with E-state index in [2.05, 4.69) is 111 Å². The summed E-state index contributed by atoms with van der Waals surface area (Å²) in [4.78, 5) is 24.2. The standard InChI is InChI=1S/C45H72O5/c1-3-5-7-9-11-13-15-17-19-21-22-24-26-28-30-32-34-36-38-40-45(48)50-43(41-46)42-49-44(47)39-37-35-33-31-29-27-25-23-20-18-16-14-12-10-8-6-4-2/h11-14,17-20,22,24-25,27-28,30-31,33,43,46H,3-10,15-16,21,23,26,29,32,34-42H2,1-2H3/t43-/m0/s1. The quantitative estimate of drug-likeness (QED) is 0.0413. The number of esters is 2. The summed E-state index contributed by atoms with van der Waals surface area (Å²) in [7, 11) is 0. The lowest BCUT2D eigenvalue weighted by atomic mass is 10.1. The molecule has 0 fully saturated rings. The van der Waals surface area contributed by atoms with Crippen LogP contribution in [0.3, 0.4) is 0 Å². The van der Waals surface area contributed by atoms with Gasteiger partial charge in [-0.2, -0.15) is 0 Å². The van der Waals surface area contributed by atoms with E-state index in [9.17, 15) is 14.7 Å². The first-order valence-corrected chi connectivity index (χ1v) is 19.8. The van der Waals surface area contributed by atoms with Gasteiger partial charge in [-0.3, -0.25) is 9.59 Å². The Morgan fingerprint density at radius 3 is 1.22 bits per heavy atom. The average Bonchev–Trinajstić information content (AvgIpc) is 3.12. The summed E-state index contributed by atoms with van der Waals surface area (Å²) in [5.41, 5.74) is 0. The molecule has 1 atom stereocenters. The molecule has 0 amide bonds. The van der Waals surface area contributed by atoms with Gasteiger partial charge in [-0.05, 0) is 96.3 Å². The average molecular weight is 693 g/mol. The SMILES string of the molecule is CCCCCC=CCC=CCC=CCC=CCCCCCC(=O)O[C@@H](CO)COC(=O)CCCC=CCC=CCC=CCC=CCCCCC. The van der Waals surface area contributed by atoms with Crippen molar-refractivity contribution in [2.75, 3.05) is 13.2 Å². The number of hydrogen-bond donors (Lipinski definition) is 1. The van der Waals surface area contributed by atoms with Gasteiger partial charge >= 0.3 is 11.9 Å². The van der Waals surface area contributed by atoms with Gasteiger partial charge in [-0.15, -0.1) is 0 Å². The highest BCUT2D eigenvalue weighted by Gasteiger charge is 2.15. The van der Waals surface area contributed by atoms with Gasteiger partial charge in [0.05, 0.1) is 6.61 Å². The van der Waals surface area contributed by atoms with Crippen molar-refractivity contribution in [3.8, 4) is 0 Å². The summed E-state index contributed by atoms with van der Waals surface area (Å²) in [6.07, 6.45) is 56.1. The Bertz CT molecular complexity index is 1010. The fraction of sp³-hybridized carbons (Fsp3) is 0.600. The summed E-state index contributed by atoms with van der Waals surface area (Å²) in [6.45, 7) is 3.98. The number of hydrogen-bond acceptors (Lipinski definition) is 5. The monoisotopic (exact) mass is 693 g/mol. The van der Waals surface area contributed by atoms with Crippen molar-refractivity contribution in [1.29, 1.82) is 0 Å². The van der Waals surface area contributed by atoms with E-state index in [0.717, 1.165) is 70.6 Å². The van der Waals surface area contributed by atoms with Crippen molar-refractivity contribution < 1.29 is 24.2 Å². The topological polar surface area (TPSA) is 72.8 Å². The van der Waals surface area contributed by atoms with Crippen molar-refractivity contribution in [2.24, 2.45) is 0 Å². The Labute approximate surface area is 307 Å². The Morgan fingerprint density at radius 1 is 0.460 bits per heavy atom. The first-order chi connectivity index (χ1) is 24.6. The zero-order valence-corrected chi connectivity index (χ0v) is 31.9. The van der Waals surface area contributed by atoms with E-state index in [1.165, 1.54) is 51.4 Å². The second-order valence-corrected chi connectivity index (χ2v) is 12.6. The molecule has 0 rings (SSSR count). The molecular formula is C45H72O5. The molecule has 0 heterocycles. The van der Waals surface area contributed by atoms with Gasteiger partial charge in [-0.25, -0.2) is 0 Å². The van der Waals surface area contributed by atoms with Crippen LogP contribution in [0.15, 0.2) is 97.2 Å². The maximum atomic E-state index is 12.2. The van der Waals surface area contributed by atoms with Crippen molar-refractivity contribution in [2.45, 2.75) is 161 Å². The van der Waals surface area contributed by atoms with E-state index < -0.39 is 6.10 Å². The first-order valence-electron chi connectivity index (χ1n) is 19.8. The van der Waals surface area contributed by atoms with Gasteiger partial charge < -0.3 is 14.6 Å². The molecule has 0 aromatic rings. The van der Waals surface area contributed by atoms with Crippen molar-refractivity contribution in [3.63, 3.8) is 0 Å². The zero-order chi connectivity index (χ0) is 36.4. The minimum Gasteiger partial charge on any atom is -0.462 e. The Morgan fingerprint density at radius 2 is 0.820 bits per heavy atom. The molecule has 0 bridgehead atoms. The minimum atomic E-state index is -0.816. The molecule has 0 saturated heterocycles. The summed E-state index contributed by atoms with van der Waals surface area (Å²) < 4.78 is 10.5. The summed E-state index contributed by atoms with van der Waals surface area (Å²) >= 11 is 0. The van der Waals surface area contributed by atoms with Crippen molar-refractivity contribution in [3.05, 3.63) is 97.2 Å². The van der Waals surface area contributed by atoms with Crippen LogP contribution in [0.1, 0.15) is 155 Å². The summed E-state index contributed by atoms with van der Waals surface area (Å²) in [5, 5.41) is 9.55. The van der Waals surface area contributed by atoms with E-state index in [1.54, 1.807) is 0 Å².